The summed E-state index contributed by atoms with van der Waals surface area (Å²) in [6.07, 6.45) is 0.540. The van der Waals surface area contributed by atoms with Crippen LogP contribution in [0.4, 0.5) is 5.82 Å². The predicted molar refractivity (Wildman–Crippen MR) is 57.5 cm³/mol. The Balaban J connectivity index is 2.80. The van der Waals surface area contributed by atoms with Crippen molar-refractivity contribution >= 4 is 11.7 Å². The summed E-state index contributed by atoms with van der Waals surface area (Å²) >= 11 is 0. The number of aromatic hydroxyl groups is 1. The molecule has 4 N–H and O–H groups in total. The Hall–Kier alpha value is -1.62. The fraction of sp³-hybridized carbons (Fsp3) is 0.400. The first-order chi connectivity index (χ1) is 7.04. The van der Waals surface area contributed by atoms with Crippen LogP contribution in [-0.2, 0) is 4.79 Å². The quantitative estimate of drug-likeness (QED) is 0.686. The van der Waals surface area contributed by atoms with Crippen LogP contribution in [0.15, 0.2) is 12.1 Å². The Morgan fingerprint density at radius 3 is 2.93 bits per heavy atom. The maximum atomic E-state index is 11.4. The standard InChI is InChI=1S/C10H15N3O2/c1-3-7(11)10(15)13-9-8(14)5-4-6(2)12-9/h4-5,7,14H,3,11H2,1-2H3,(H,12,13,15)/t7-/m0/s1. The molecule has 0 fully saturated rings. The lowest BCUT2D eigenvalue weighted by Gasteiger charge is -2.10. The molecule has 1 aromatic rings. The smallest absolute Gasteiger partial charge is 0.242 e. The summed E-state index contributed by atoms with van der Waals surface area (Å²) in [6.45, 7) is 3.59. The minimum atomic E-state index is -0.577. The summed E-state index contributed by atoms with van der Waals surface area (Å²) in [5, 5.41) is 11.9. The highest BCUT2D eigenvalue weighted by Gasteiger charge is 2.13. The summed E-state index contributed by atoms with van der Waals surface area (Å²) in [5.74, 6) is -0.243. The largest absolute Gasteiger partial charge is 0.504 e. The highest BCUT2D eigenvalue weighted by atomic mass is 16.3. The zero-order valence-electron chi connectivity index (χ0n) is 8.82. The second-order valence-electron chi connectivity index (χ2n) is 3.32. The molecule has 15 heavy (non-hydrogen) atoms. The van der Waals surface area contributed by atoms with E-state index in [1.165, 1.54) is 6.07 Å². The van der Waals surface area contributed by atoms with Crippen molar-refractivity contribution in [3.8, 4) is 5.75 Å². The molecule has 0 radical (unpaired) electrons. The Morgan fingerprint density at radius 1 is 1.67 bits per heavy atom. The van der Waals surface area contributed by atoms with Crippen LogP contribution in [-0.4, -0.2) is 22.0 Å². The zero-order valence-corrected chi connectivity index (χ0v) is 8.82. The van der Waals surface area contributed by atoms with Crippen molar-refractivity contribution in [2.75, 3.05) is 5.32 Å². The molecule has 0 aromatic carbocycles. The van der Waals surface area contributed by atoms with E-state index in [0.29, 0.717) is 12.1 Å². The predicted octanol–water partition coefficient (Wildman–Crippen LogP) is 0.771. The van der Waals surface area contributed by atoms with Gasteiger partial charge in [-0.2, -0.15) is 0 Å². The van der Waals surface area contributed by atoms with Crippen LogP contribution in [0, 0.1) is 6.92 Å². The summed E-state index contributed by atoms with van der Waals surface area (Å²) in [7, 11) is 0. The van der Waals surface area contributed by atoms with Gasteiger partial charge in [0.15, 0.2) is 11.6 Å². The van der Waals surface area contributed by atoms with E-state index in [9.17, 15) is 9.90 Å². The van der Waals surface area contributed by atoms with E-state index in [4.69, 9.17) is 5.73 Å². The number of aryl methyl sites for hydroxylation is 1. The van der Waals surface area contributed by atoms with E-state index in [-0.39, 0.29) is 17.5 Å². The minimum Gasteiger partial charge on any atom is -0.504 e. The Labute approximate surface area is 88.3 Å². The normalized spacial score (nSPS) is 12.2. The molecule has 5 heteroatoms. The average molecular weight is 209 g/mol. The summed E-state index contributed by atoms with van der Waals surface area (Å²) in [4.78, 5) is 15.4. The van der Waals surface area contributed by atoms with Gasteiger partial charge in [-0.15, -0.1) is 0 Å². The highest BCUT2D eigenvalue weighted by molar-refractivity contribution is 5.94. The molecule has 1 heterocycles. The molecular formula is C10H15N3O2. The van der Waals surface area contributed by atoms with Gasteiger partial charge in [0.1, 0.15) is 0 Å². The van der Waals surface area contributed by atoms with E-state index in [2.05, 4.69) is 10.3 Å². The molecule has 5 nitrogen and oxygen atoms in total. The number of hydrogen-bond acceptors (Lipinski definition) is 4. The van der Waals surface area contributed by atoms with E-state index >= 15 is 0 Å². The second kappa shape index (κ2) is 4.75. The maximum Gasteiger partial charge on any atom is 0.242 e. The van der Waals surface area contributed by atoms with Crippen molar-refractivity contribution in [2.24, 2.45) is 5.73 Å². The third-order valence-electron chi connectivity index (χ3n) is 2.03. The van der Waals surface area contributed by atoms with Gasteiger partial charge in [-0.05, 0) is 25.5 Å². The summed E-state index contributed by atoms with van der Waals surface area (Å²) in [6, 6.07) is 2.56. The highest BCUT2D eigenvalue weighted by Crippen LogP contribution is 2.20. The molecule has 0 aliphatic heterocycles. The van der Waals surface area contributed by atoms with Gasteiger partial charge in [0.25, 0.3) is 0 Å². The number of nitrogens with zero attached hydrogens (tertiary/aromatic N) is 1. The van der Waals surface area contributed by atoms with Crippen LogP contribution >= 0.6 is 0 Å². The number of carbonyl (C=O) groups is 1. The van der Waals surface area contributed by atoms with Crippen molar-refractivity contribution in [1.82, 2.24) is 4.98 Å². The Bertz CT molecular complexity index is 366. The summed E-state index contributed by atoms with van der Waals surface area (Å²) < 4.78 is 0. The molecule has 0 saturated heterocycles. The topological polar surface area (TPSA) is 88.2 Å². The van der Waals surface area contributed by atoms with Crippen molar-refractivity contribution < 1.29 is 9.90 Å². The van der Waals surface area contributed by atoms with Crippen LogP contribution in [0.3, 0.4) is 0 Å². The number of nitrogens with two attached hydrogens (primary N) is 1. The lowest BCUT2D eigenvalue weighted by molar-refractivity contribution is -0.117. The van der Waals surface area contributed by atoms with Gasteiger partial charge >= 0.3 is 0 Å². The lowest BCUT2D eigenvalue weighted by Crippen LogP contribution is -2.35. The number of nitrogens with one attached hydrogen (secondary N) is 1. The molecule has 1 rings (SSSR count). The molecule has 0 aliphatic rings. The van der Waals surface area contributed by atoms with Crippen LogP contribution < -0.4 is 11.1 Å². The number of aromatic nitrogens is 1. The molecule has 0 unspecified atom stereocenters. The number of amides is 1. The average Bonchev–Trinajstić information content (AvgIpc) is 2.22. The molecule has 1 amide bonds. The van der Waals surface area contributed by atoms with Gasteiger partial charge < -0.3 is 16.2 Å². The van der Waals surface area contributed by atoms with Crippen molar-refractivity contribution in [1.29, 1.82) is 0 Å². The number of rotatable bonds is 3. The van der Waals surface area contributed by atoms with Gasteiger partial charge in [0.2, 0.25) is 5.91 Å². The van der Waals surface area contributed by atoms with Crippen LogP contribution in [0.2, 0.25) is 0 Å². The first-order valence-corrected chi connectivity index (χ1v) is 4.77. The summed E-state index contributed by atoms with van der Waals surface area (Å²) in [5.41, 5.74) is 6.25. The van der Waals surface area contributed by atoms with E-state index < -0.39 is 6.04 Å². The van der Waals surface area contributed by atoms with E-state index in [1.807, 2.05) is 6.92 Å². The van der Waals surface area contributed by atoms with Gasteiger partial charge in [0.05, 0.1) is 6.04 Å². The van der Waals surface area contributed by atoms with Crippen LogP contribution in [0.5, 0.6) is 5.75 Å². The van der Waals surface area contributed by atoms with Gasteiger partial charge in [-0.1, -0.05) is 6.92 Å². The van der Waals surface area contributed by atoms with Gasteiger partial charge in [0, 0.05) is 5.69 Å². The van der Waals surface area contributed by atoms with Crippen molar-refractivity contribution in [3.05, 3.63) is 17.8 Å². The van der Waals surface area contributed by atoms with Crippen LogP contribution in [0.1, 0.15) is 19.0 Å². The molecule has 0 spiro atoms. The van der Waals surface area contributed by atoms with E-state index in [0.717, 1.165) is 0 Å². The molecular weight excluding hydrogens is 194 g/mol. The first-order valence-electron chi connectivity index (χ1n) is 4.77. The number of hydrogen-bond donors (Lipinski definition) is 3. The number of anilines is 1. The van der Waals surface area contributed by atoms with Gasteiger partial charge in [-0.3, -0.25) is 4.79 Å². The van der Waals surface area contributed by atoms with Gasteiger partial charge in [-0.25, -0.2) is 4.98 Å². The molecule has 0 aliphatic carbocycles. The fourth-order valence-corrected chi connectivity index (χ4v) is 1.04. The third kappa shape index (κ3) is 2.92. The molecule has 1 aromatic heterocycles. The second-order valence-corrected chi connectivity index (χ2v) is 3.32. The number of carbonyl (C=O) groups excluding carboxylic acids is 1. The molecule has 0 bridgehead atoms. The first kappa shape index (κ1) is 11.5. The molecule has 0 saturated carbocycles. The molecule has 1 atom stereocenters. The van der Waals surface area contributed by atoms with Crippen molar-refractivity contribution in [3.63, 3.8) is 0 Å². The monoisotopic (exact) mass is 209 g/mol. The zero-order chi connectivity index (χ0) is 11.4. The third-order valence-corrected chi connectivity index (χ3v) is 2.03. The Morgan fingerprint density at radius 2 is 2.33 bits per heavy atom. The lowest BCUT2D eigenvalue weighted by atomic mass is 10.2. The Kier molecular flexibility index (Phi) is 3.62. The molecule has 82 valence electrons. The minimum absolute atomic E-state index is 0.0581. The van der Waals surface area contributed by atoms with Crippen LogP contribution in [0.25, 0.3) is 0 Å². The fourth-order valence-electron chi connectivity index (χ4n) is 1.04. The van der Waals surface area contributed by atoms with E-state index in [1.54, 1.807) is 13.0 Å². The SMILES string of the molecule is CC[C@H](N)C(=O)Nc1nc(C)ccc1O. The van der Waals surface area contributed by atoms with Crippen molar-refractivity contribution in [2.45, 2.75) is 26.3 Å². The maximum absolute atomic E-state index is 11.4. The number of pyridine rings is 1.